The van der Waals surface area contributed by atoms with E-state index in [1.807, 2.05) is 23.7 Å². The number of hydrogen-bond donors (Lipinski definition) is 3. The molecule has 130 valence electrons. The summed E-state index contributed by atoms with van der Waals surface area (Å²) in [6.45, 7) is 2.13. The van der Waals surface area contributed by atoms with Crippen LogP contribution in [-0.4, -0.2) is 44.5 Å². The van der Waals surface area contributed by atoms with Crippen molar-refractivity contribution in [2.24, 2.45) is 0 Å². The first kappa shape index (κ1) is 16.0. The molecular weight excluding hydrogens is 336 g/mol. The van der Waals surface area contributed by atoms with Gasteiger partial charge in [0.05, 0.1) is 22.9 Å². The fraction of sp³-hybridized carbons (Fsp3) is 0.353. The minimum absolute atomic E-state index is 0.278. The van der Waals surface area contributed by atoms with E-state index in [-0.39, 0.29) is 6.10 Å². The number of aromatic nitrogens is 4. The topological polar surface area (TPSA) is 90.0 Å². The largest absolute Gasteiger partial charge is 0.391 e. The van der Waals surface area contributed by atoms with E-state index in [0.717, 1.165) is 41.3 Å². The van der Waals surface area contributed by atoms with E-state index in [9.17, 15) is 5.11 Å². The number of H-pyrrole nitrogens is 1. The highest BCUT2D eigenvalue weighted by Crippen LogP contribution is 2.26. The lowest BCUT2D eigenvalue weighted by atomic mass is 10.1. The summed E-state index contributed by atoms with van der Waals surface area (Å²) < 4.78 is 0. The molecule has 1 saturated heterocycles. The van der Waals surface area contributed by atoms with E-state index >= 15 is 0 Å². The molecule has 1 atom stereocenters. The van der Waals surface area contributed by atoms with Crippen molar-refractivity contribution >= 4 is 23.1 Å². The molecule has 0 unspecified atom stereocenters. The Morgan fingerprint density at radius 3 is 3.20 bits per heavy atom. The number of hydrogen-bond acceptors (Lipinski definition) is 7. The van der Waals surface area contributed by atoms with E-state index in [1.54, 1.807) is 17.5 Å². The van der Waals surface area contributed by atoms with Crippen LogP contribution in [0.25, 0.3) is 10.6 Å². The van der Waals surface area contributed by atoms with Gasteiger partial charge in [-0.25, -0.2) is 4.98 Å². The highest BCUT2D eigenvalue weighted by molar-refractivity contribution is 7.13. The lowest BCUT2D eigenvalue weighted by Gasteiger charge is -2.31. The van der Waals surface area contributed by atoms with Gasteiger partial charge in [-0.15, -0.1) is 11.3 Å². The third-order valence-electron chi connectivity index (χ3n) is 4.28. The number of aromatic amines is 1. The maximum Gasteiger partial charge on any atom is 0.224 e. The van der Waals surface area contributed by atoms with Crippen molar-refractivity contribution in [1.29, 1.82) is 0 Å². The SMILES string of the molecule is O[C@@H]1CCCN(c2ccnc(NCc3cn[nH]c3-c3cccs3)n2)C1. The number of aliphatic hydroxyl groups is 1. The normalized spacial score (nSPS) is 17.6. The summed E-state index contributed by atoms with van der Waals surface area (Å²) in [7, 11) is 0. The van der Waals surface area contributed by atoms with Gasteiger partial charge in [0.1, 0.15) is 5.82 Å². The van der Waals surface area contributed by atoms with Crippen LogP contribution in [0, 0.1) is 0 Å². The summed E-state index contributed by atoms with van der Waals surface area (Å²) in [5.74, 6) is 1.43. The molecule has 0 spiro atoms. The first-order valence-electron chi connectivity index (χ1n) is 8.35. The van der Waals surface area contributed by atoms with Crippen LogP contribution in [-0.2, 0) is 6.54 Å². The molecular formula is C17H20N6OS. The monoisotopic (exact) mass is 356 g/mol. The van der Waals surface area contributed by atoms with E-state index < -0.39 is 0 Å². The van der Waals surface area contributed by atoms with Gasteiger partial charge >= 0.3 is 0 Å². The molecule has 0 aliphatic carbocycles. The number of rotatable bonds is 5. The second-order valence-electron chi connectivity index (χ2n) is 6.08. The predicted octanol–water partition coefficient (Wildman–Crippen LogP) is 2.50. The maximum absolute atomic E-state index is 9.85. The number of aliphatic hydroxyl groups excluding tert-OH is 1. The fourth-order valence-electron chi connectivity index (χ4n) is 3.03. The molecule has 3 N–H and O–H groups in total. The maximum atomic E-state index is 9.85. The second kappa shape index (κ2) is 7.20. The molecule has 0 amide bonds. The van der Waals surface area contributed by atoms with Crippen LogP contribution in [0.2, 0.25) is 0 Å². The van der Waals surface area contributed by atoms with Crippen LogP contribution in [0.5, 0.6) is 0 Å². The third kappa shape index (κ3) is 3.64. The van der Waals surface area contributed by atoms with Gasteiger partial charge in [-0.3, -0.25) is 5.10 Å². The zero-order valence-electron chi connectivity index (χ0n) is 13.7. The number of thiophene rings is 1. The van der Waals surface area contributed by atoms with Gasteiger partial charge < -0.3 is 15.3 Å². The van der Waals surface area contributed by atoms with Crippen molar-refractivity contribution in [3.63, 3.8) is 0 Å². The van der Waals surface area contributed by atoms with Crippen LogP contribution in [0.1, 0.15) is 18.4 Å². The molecule has 4 rings (SSSR count). The van der Waals surface area contributed by atoms with Crippen molar-refractivity contribution in [2.45, 2.75) is 25.5 Å². The van der Waals surface area contributed by atoms with E-state index in [1.165, 1.54) is 0 Å². The zero-order chi connectivity index (χ0) is 17.1. The van der Waals surface area contributed by atoms with Crippen LogP contribution in [0.3, 0.4) is 0 Å². The van der Waals surface area contributed by atoms with E-state index in [4.69, 9.17) is 0 Å². The molecule has 1 fully saturated rings. The summed E-state index contributed by atoms with van der Waals surface area (Å²) in [5.41, 5.74) is 2.10. The van der Waals surface area contributed by atoms with Crippen LogP contribution in [0.15, 0.2) is 36.0 Å². The summed E-state index contributed by atoms with van der Waals surface area (Å²) in [4.78, 5) is 12.2. The summed E-state index contributed by atoms with van der Waals surface area (Å²) in [6, 6.07) is 5.98. The minimum atomic E-state index is -0.278. The minimum Gasteiger partial charge on any atom is -0.391 e. The van der Waals surface area contributed by atoms with Gasteiger partial charge in [0.2, 0.25) is 5.95 Å². The quantitative estimate of drug-likeness (QED) is 0.651. The Hall–Kier alpha value is -2.45. The smallest absolute Gasteiger partial charge is 0.224 e. The van der Waals surface area contributed by atoms with Gasteiger partial charge in [-0.1, -0.05) is 6.07 Å². The van der Waals surface area contributed by atoms with Crippen molar-refractivity contribution in [3.8, 4) is 10.6 Å². The molecule has 3 aromatic rings. The summed E-state index contributed by atoms with van der Waals surface area (Å²) in [5, 5.41) is 22.4. The van der Waals surface area contributed by atoms with Crippen molar-refractivity contribution in [3.05, 3.63) is 41.5 Å². The van der Waals surface area contributed by atoms with Gasteiger partial charge in [0.25, 0.3) is 0 Å². The molecule has 0 radical (unpaired) electrons. The standard InChI is InChI=1S/C17H20N6OS/c24-13-3-1-7-23(11-13)15-5-6-18-17(21-15)19-9-12-10-20-22-16(12)14-4-2-8-25-14/h2,4-6,8,10,13,24H,1,3,7,9,11H2,(H,20,22)(H,18,19,21)/t13-/m1/s1. The predicted molar refractivity (Wildman–Crippen MR) is 98.7 cm³/mol. The number of β-amino-alcohol motifs (C(OH)–C–C–N with tert-alkyl or cyclic N) is 1. The average molecular weight is 356 g/mol. The zero-order valence-corrected chi connectivity index (χ0v) is 14.5. The Kier molecular flexibility index (Phi) is 4.62. The van der Waals surface area contributed by atoms with Gasteiger partial charge in [-0.2, -0.15) is 10.1 Å². The third-order valence-corrected chi connectivity index (χ3v) is 5.17. The van der Waals surface area contributed by atoms with Crippen LogP contribution in [0.4, 0.5) is 11.8 Å². The fourth-order valence-corrected chi connectivity index (χ4v) is 3.78. The lowest BCUT2D eigenvalue weighted by Crippen LogP contribution is -2.38. The highest BCUT2D eigenvalue weighted by atomic mass is 32.1. The molecule has 0 aromatic carbocycles. The number of anilines is 2. The average Bonchev–Trinajstić information content (AvgIpc) is 3.31. The molecule has 0 saturated carbocycles. The van der Waals surface area contributed by atoms with Crippen LogP contribution < -0.4 is 10.2 Å². The van der Waals surface area contributed by atoms with Gasteiger partial charge in [0.15, 0.2) is 0 Å². The molecule has 1 aliphatic heterocycles. The number of piperidine rings is 1. The van der Waals surface area contributed by atoms with Crippen molar-refractivity contribution in [2.75, 3.05) is 23.3 Å². The Morgan fingerprint density at radius 2 is 2.36 bits per heavy atom. The number of nitrogens with one attached hydrogen (secondary N) is 2. The molecule has 25 heavy (non-hydrogen) atoms. The molecule has 0 bridgehead atoms. The Balaban J connectivity index is 1.45. The second-order valence-corrected chi connectivity index (χ2v) is 7.03. The van der Waals surface area contributed by atoms with E-state index in [0.29, 0.717) is 19.0 Å². The van der Waals surface area contributed by atoms with Gasteiger partial charge in [-0.05, 0) is 30.4 Å². The first-order chi connectivity index (χ1) is 12.3. The van der Waals surface area contributed by atoms with Crippen LogP contribution >= 0.6 is 11.3 Å². The molecule has 4 heterocycles. The summed E-state index contributed by atoms with van der Waals surface area (Å²) >= 11 is 1.68. The lowest BCUT2D eigenvalue weighted by molar-refractivity contribution is 0.154. The molecule has 1 aliphatic rings. The first-order valence-corrected chi connectivity index (χ1v) is 9.23. The van der Waals surface area contributed by atoms with Crippen molar-refractivity contribution in [1.82, 2.24) is 20.2 Å². The van der Waals surface area contributed by atoms with E-state index in [2.05, 4.69) is 36.4 Å². The molecule has 8 heteroatoms. The molecule has 3 aromatic heterocycles. The Labute approximate surface area is 149 Å². The van der Waals surface area contributed by atoms with Gasteiger partial charge in [0, 0.05) is 31.4 Å². The Bertz CT molecular complexity index is 818. The number of nitrogens with zero attached hydrogens (tertiary/aromatic N) is 4. The molecule has 7 nitrogen and oxygen atoms in total. The highest BCUT2D eigenvalue weighted by Gasteiger charge is 2.19. The summed E-state index contributed by atoms with van der Waals surface area (Å²) in [6.07, 6.45) is 5.14. The Morgan fingerprint density at radius 1 is 1.40 bits per heavy atom. The van der Waals surface area contributed by atoms with Crippen molar-refractivity contribution < 1.29 is 5.11 Å².